The van der Waals surface area contributed by atoms with Gasteiger partial charge in [0.15, 0.2) is 5.78 Å². The zero-order valence-electron chi connectivity index (χ0n) is 9.77. The van der Waals surface area contributed by atoms with E-state index in [4.69, 9.17) is 11.6 Å². The number of nitrogens with one attached hydrogen (secondary N) is 1. The van der Waals surface area contributed by atoms with E-state index in [0.29, 0.717) is 17.0 Å². The average molecular weight is 284 g/mol. The second kappa shape index (κ2) is 6.36. The molecule has 1 aliphatic rings. The minimum absolute atomic E-state index is 0.129. The molecule has 0 saturated carbocycles. The van der Waals surface area contributed by atoms with Crippen molar-refractivity contribution >= 4 is 35.4 Å². The highest BCUT2D eigenvalue weighted by atomic mass is 35.5. The molecule has 1 fully saturated rings. The smallest absolute Gasteiger partial charge is 0.173 e. The molecule has 1 aromatic carbocycles. The first-order chi connectivity index (χ1) is 8.70. The van der Waals surface area contributed by atoms with E-state index in [9.17, 15) is 9.59 Å². The molecule has 0 bridgehead atoms. The number of thioether (sulfide) groups is 1. The summed E-state index contributed by atoms with van der Waals surface area (Å²) in [5.41, 5.74) is 0.541. The summed E-state index contributed by atoms with van der Waals surface area (Å²) in [6.07, 6.45) is 1.30. The molecule has 96 valence electrons. The lowest BCUT2D eigenvalue weighted by Crippen LogP contribution is -2.27. The molecule has 2 rings (SSSR count). The molecular weight excluding hydrogens is 270 g/mol. The van der Waals surface area contributed by atoms with Crippen molar-refractivity contribution in [3.63, 3.8) is 0 Å². The maximum atomic E-state index is 12.2. The number of aldehydes is 1. The van der Waals surface area contributed by atoms with Crippen LogP contribution in [0.5, 0.6) is 0 Å². The van der Waals surface area contributed by atoms with Crippen molar-refractivity contribution in [3.8, 4) is 0 Å². The lowest BCUT2D eigenvalue weighted by Gasteiger charge is -2.14. The lowest BCUT2D eigenvalue weighted by molar-refractivity contribution is -0.110. The van der Waals surface area contributed by atoms with Crippen LogP contribution in [0.25, 0.3) is 0 Å². The van der Waals surface area contributed by atoms with Crippen LogP contribution in [0, 0.1) is 5.92 Å². The number of benzene rings is 1. The van der Waals surface area contributed by atoms with Crippen molar-refractivity contribution in [2.75, 3.05) is 12.3 Å². The van der Waals surface area contributed by atoms with Gasteiger partial charge in [-0.25, -0.2) is 0 Å². The van der Waals surface area contributed by atoms with Crippen molar-refractivity contribution in [1.29, 1.82) is 0 Å². The molecule has 1 saturated heterocycles. The van der Waals surface area contributed by atoms with Gasteiger partial charge in [0.25, 0.3) is 0 Å². The van der Waals surface area contributed by atoms with Crippen molar-refractivity contribution in [2.45, 2.75) is 11.8 Å². The monoisotopic (exact) mass is 283 g/mol. The molecule has 0 aromatic heterocycles. The third kappa shape index (κ3) is 3.34. The van der Waals surface area contributed by atoms with Crippen molar-refractivity contribution in [1.82, 2.24) is 5.32 Å². The molecule has 1 aliphatic heterocycles. The number of ketones is 1. The zero-order valence-corrected chi connectivity index (χ0v) is 11.3. The fourth-order valence-corrected chi connectivity index (χ4v) is 3.14. The molecule has 18 heavy (non-hydrogen) atoms. The number of hydrogen-bond acceptors (Lipinski definition) is 4. The average Bonchev–Trinajstić information content (AvgIpc) is 2.89. The zero-order chi connectivity index (χ0) is 13.0. The molecule has 3 nitrogen and oxygen atoms in total. The van der Waals surface area contributed by atoms with E-state index in [2.05, 4.69) is 5.32 Å². The Morgan fingerprint density at radius 2 is 2.22 bits per heavy atom. The summed E-state index contributed by atoms with van der Waals surface area (Å²) < 4.78 is 0. The molecule has 1 N–H and O–H groups in total. The van der Waals surface area contributed by atoms with Gasteiger partial charge in [-0.2, -0.15) is 0 Å². The van der Waals surface area contributed by atoms with Crippen molar-refractivity contribution < 1.29 is 9.59 Å². The minimum atomic E-state index is -0.575. The van der Waals surface area contributed by atoms with Crippen LogP contribution in [0.3, 0.4) is 0 Å². The Bertz CT molecular complexity index is 429. The molecule has 0 amide bonds. The predicted molar refractivity (Wildman–Crippen MR) is 74.2 cm³/mol. The molecule has 1 aromatic rings. The van der Waals surface area contributed by atoms with E-state index in [1.807, 2.05) is 0 Å². The van der Waals surface area contributed by atoms with Crippen molar-refractivity contribution in [3.05, 3.63) is 34.9 Å². The van der Waals surface area contributed by atoms with Gasteiger partial charge in [0.2, 0.25) is 0 Å². The van der Waals surface area contributed by atoms with Gasteiger partial charge in [-0.05, 0) is 30.7 Å². The van der Waals surface area contributed by atoms with Gasteiger partial charge in [-0.1, -0.05) is 11.6 Å². The fourth-order valence-electron chi connectivity index (χ4n) is 1.91. The molecule has 1 heterocycles. The fraction of sp³-hybridized carbons (Fsp3) is 0.385. The Hall–Kier alpha value is -0.840. The topological polar surface area (TPSA) is 46.2 Å². The van der Waals surface area contributed by atoms with E-state index < -0.39 is 5.92 Å². The Labute approximate surface area is 115 Å². The molecule has 2 unspecified atom stereocenters. The largest absolute Gasteiger partial charge is 0.304 e. The standard InChI is InChI=1S/C13H14ClNO2S/c14-11-3-1-9(2-4-11)13(17)10(8-16)7-12-15-5-6-18-12/h1-4,8,10,12,15H,5-7H2. The van der Waals surface area contributed by atoms with Crippen LogP contribution >= 0.6 is 23.4 Å². The lowest BCUT2D eigenvalue weighted by atomic mass is 9.96. The molecule has 2 atom stereocenters. The highest BCUT2D eigenvalue weighted by molar-refractivity contribution is 8.00. The number of carbonyl (C=O) groups excluding carboxylic acids is 2. The minimum Gasteiger partial charge on any atom is -0.304 e. The maximum Gasteiger partial charge on any atom is 0.173 e. The summed E-state index contributed by atoms with van der Waals surface area (Å²) in [5.74, 6) is 0.330. The number of hydrogen-bond donors (Lipinski definition) is 1. The highest BCUT2D eigenvalue weighted by Gasteiger charge is 2.25. The molecule has 0 spiro atoms. The van der Waals surface area contributed by atoms with Crippen LogP contribution in [0.2, 0.25) is 5.02 Å². The number of halogens is 1. The summed E-state index contributed by atoms with van der Waals surface area (Å²) in [5, 5.41) is 4.06. The van der Waals surface area contributed by atoms with Gasteiger partial charge in [-0.15, -0.1) is 11.8 Å². The van der Waals surface area contributed by atoms with Crippen LogP contribution in [0.1, 0.15) is 16.8 Å². The van der Waals surface area contributed by atoms with Crippen LogP contribution in [0.15, 0.2) is 24.3 Å². The summed E-state index contributed by atoms with van der Waals surface area (Å²) >= 11 is 7.53. The maximum absolute atomic E-state index is 12.2. The van der Waals surface area contributed by atoms with Gasteiger partial charge < -0.3 is 10.1 Å². The van der Waals surface area contributed by atoms with Gasteiger partial charge in [0, 0.05) is 22.9 Å². The first-order valence-electron chi connectivity index (χ1n) is 5.81. The quantitative estimate of drug-likeness (QED) is 0.512. The van der Waals surface area contributed by atoms with E-state index in [-0.39, 0.29) is 11.2 Å². The summed E-state index contributed by atoms with van der Waals surface area (Å²) in [6, 6.07) is 6.66. The van der Waals surface area contributed by atoms with Crippen molar-refractivity contribution in [2.24, 2.45) is 5.92 Å². The number of rotatable bonds is 5. The predicted octanol–water partition coefficient (Wildman–Crippen LogP) is 2.39. The summed E-state index contributed by atoms with van der Waals surface area (Å²) in [6.45, 7) is 0.941. The third-order valence-electron chi connectivity index (χ3n) is 2.89. The van der Waals surface area contributed by atoms with Crippen LogP contribution in [-0.4, -0.2) is 29.7 Å². The Morgan fingerprint density at radius 3 is 2.78 bits per heavy atom. The second-order valence-electron chi connectivity index (χ2n) is 4.16. The Balaban J connectivity index is 2.04. The Morgan fingerprint density at radius 1 is 1.50 bits per heavy atom. The molecule has 0 radical (unpaired) electrons. The van der Waals surface area contributed by atoms with Gasteiger partial charge in [-0.3, -0.25) is 4.79 Å². The van der Waals surface area contributed by atoms with Crippen LogP contribution in [0.4, 0.5) is 0 Å². The molecule has 5 heteroatoms. The third-order valence-corrected chi connectivity index (χ3v) is 4.34. The first-order valence-corrected chi connectivity index (χ1v) is 7.23. The van der Waals surface area contributed by atoms with Gasteiger partial charge >= 0.3 is 0 Å². The highest BCUT2D eigenvalue weighted by Crippen LogP contribution is 2.23. The summed E-state index contributed by atoms with van der Waals surface area (Å²) in [4.78, 5) is 23.3. The molecular formula is C13H14ClNO2S. The first kappa shape index (κ1) is 13.6. The van der Waals surface area contributed by atoms with Gasteiger partial charge in [0.1, 0.15) is 6.29 Å². The van der Waals surface area contributed by atoms with E-state index >= 15 is 0 Å². The van der Waals surface area contributed by atoms with E-state index in [1.165, 1.54) is 0 Å². The van der Waals surface area contributed by atoms with Crippen LogP contribution < -0.4 is 5.32 Å². The number of Topliss-reactive ketones (excluding diaryl/α,β-unsaturated/α-hetero) is 1. The van der Waals surface area contributed by atoms with E-state index in [0.717, 1.165) is 18.6 Å². The summed E-state index contributed by atoms with van der Waals surface area (Å²) in [7, 11) is 0. The van der Waals surface area contributed by atoms with E-state index in [1.54, 1.807) is 36.0 Å². The second-order valence-corrected chi connectivity index (χ2v) is 5.91. The SMILES string of the molecule is O=CC(CC1NCCS1)C(=O)c1ccc(Cl)cc1. The van der Waals surface area contributed by atoms with Gasteiger partial charge in [0.05, 0.1) is 11.3 Å². The Kier molecular flexibility index (Phi) is 4.80. The van der Waals surface area contributed by atoms with Crippen LogP contribution in [-0.2, 0) is 4.79 Å². The molecule has 0 aliphatic carbocycles. The number of carbonyl (C=O) groups is 2. The normalized spacial score (nSPS) is 20.6.